The lowest BCUT2D eigenvalue weighted by Gasteiger charge is -2.29. The summed E-state index contributed by atoms with van der Waals surface area (Å²) >= 11 is 0. The van der Waals surface area contributed by atoms with Gasteiger partial charge in [0.25, 0.3) is 11.5 Å². The van der Waals surface area contributed by atoms with Gasteiger partial charge in [0.05, 0.1) is 11.5 Å². The highest BCUT2D eigenvalue weighted by Crippen LogP contribution is 2.29. The van der Waals surface area contributed by atoms with Crippen molar-refractivity contribution in [3.8, 4) is 0 Å². The van der Waals surface area contributed by atoms with E-state index in [1.54, 1.807) is 6.92 Å². The van der Waals surface area contributed by atoms with Crippen molar-refractivity contribution in [3.05, 3.63) is 40.1 Å². The highest BCUT2D eigenvalue weighted by Gasteiger charge is 2.38. The van der Waals surface area contributed by atoms with E-state index in [4.69, 9.17) is 9.47 Å². The minimum Gasteiger partial charge on any atom is -0.450 e. The van der Waals surface area contributed by atoms with Gasteiger partial charge in [-0.15, -0.1) is 0 Å². The summed E-state index contributed by atoms with van der Waals surface area (Å²) in [7, 11) is 0. The molecule has 0 saturated carbocycles. The molecule has 1 amide bonds. The lowest BCUT2D eigenvalue weighted by Crippen LogP contribution is -2.42. The molecule has 1 aromatic carbocycles. The Balaban J connectivity index is 2.21. The summed E-state index contributed by atoms with van der Waals surface area (Å²) in [6, 6.07) is 3.79. The molecule has 2 rings (SSSR count). The standard InChI is InChI=1S/C16H17N3O8/c1-4-25-15(22)18-11-6-5-9(7-12(11)19(23)24)17-8-10-13(20)26-16(2,3)27-14(10)21/h5-8,17H,4H2,1-3H3,(H,18,22). The maximum Gasteiger partial charge on any atom is 0.411 e. The lowest BCUT2D eigenvalue weighted by atomic mass is 10.2. The van der Waals surface area contributed by atoms with Gasteiger partial charge in [-0.05, 0) is 19.1 Å². The van der Waals surface area contributed by atoms with E-state index in [1.165, 1.54) is 26.0 Å². The van der Waals surface area contributed by atoms with Crippen molar-refractivity contribution in [3.63, 3.8) is 0 Å². The molecule has 1 saturated heterocycles. The number of anilines is 2. The average molecular weight is 379 g/mol. The van der Waals surface area contributed by atoms with Crippen LogP contribution in [-0.2, 0) is 23.8 Å². The Bertz CT molecular complexity index is 809. The van der Waals surface area contributed by atoms with Crippen molar-refractivity contribution < 1.29 is 33.5 Å². The van der Waals surface area contributed by atoms with Crippen LogP contribution in [0.15, 0.2) is 30.0 Å². The molecule has 1 heterocycles. The molecule has 0 spiro atoms. The first-order chi connectivity index (χ1) is 12.6. The van der Waals surface area contributed by atoms with Crippen LogP contribution in [0.5, 0.6) is 0 Å². The van der Waals surface area contributed by atoms with Crippen molar-refractivity contribution in [1.82, 2.24) is 0 Å². The Kier molecular flexibility index (Phi) is 5.63. The van der Waals surface area contributed by atoms with Crippen LogP contribution in [0, 0.1) is 10.1 Å². The minimum absolute atomic E-state index is 0.0742. The van der Waals surface area contributed by atoms with Crippen LogP contribution in [0.4, 0.5) is 21.9 Å². The molecule has 0 aromatic heterocycles. The summed E-state index contributed by atoms with van der Waals surface area (Å²) in [6.45, 7) is 4.52. The number of nitro groups is 1. The van der Waals surface area contributed by atoms with Crippen molar-refractivity contribution in [2.75, 3.05) is 17.2 Å². The summed E-state index contributed by atoms with van der Waals surface area (Å²) < 4.78 is 14.5. The monoisotopic (exact) mass is 379 g/mol. The van der Waals surface area contributed by atoms with Crippen LogP contribution in [-0.4, -0.2) is 35.3 Å². The number of ether oxygens (including phenoxy) is 3. The lowest BCUT2D eigenvalue weighted by molar-refractivity contribution is -0.383. The molecule has 0 bridgehead atoms. The number of nitrogens with zero attached hydrogens (tertiary/aromatic N) is 1. The molecule has 2 N–H and O–H groups in total. The Morgan fingerprint density at radius 3 is 2.48 bits per heavy atom. The van der Waals surface area contributed by atoms with Crippen molar-refractivity contribution >= 4 is 35.1 Å². The minimum atomic E-state index is -1.37. The summed E-state index contributed by atoms with van der Waals surface area (Å²) in [4.78, 5) is 45.7. The predicted molar refractivity (Wildman–Crippen MR) is 91.7 cm³/mol. The fraction of sp³-hybridized carbons (Fsp3) is 0.312. The van der Waals surface area contributed by atoms with E-state index in [0.717, 1.165) is 12.3 Å². The molecule has 0 radical (unpaired) electrons. The van der Waals surface area contributed by atoms with Gasteiger partial charge < -0.3 is 19.5 Å². The normalized spacial score (nSPS) is 15.3. The van der Waals surface area contributed by atoms with E-state index >= 15 is 0 Å². The van der Waals surface area contributed by atoms with E-state index < -0.39 is 40.0 Å². The quantitative estimate of drug-likeness (QED) is 0.258. The van der Waals surface area contributed by atoms with Gasteiger partial charge in [-0.2, -0.15) is 0 Å². The van der Waals surface area contributed by atoms with Crippen molar-refractivity contribution in [2.45, 2.75) is 26.6 Å². The molecule has 1 aliphatic rings. The zero-order chi connectivity index (χ0) is 20.2. The second-order valence-electron chi connectivity index (χ2n) is 5.72. The maximum atomic E-state index is 11.9. The summed E-state index contributed by atoms with van der Waals surface area (Å²) in [5.41, 5.74) is -0.698. The average Bonchev–Trinajstić information content (AvgIpc) is 2.54. The van der Waals surface area contributed by atoms with Gasteiger partial charge in [0.15, 0.2) is 5.57 Å². The number of benzene rings is 1. The Morgan fingerprint density at radius 1 is 1.30 bits per heavy atom. The zero-order valence-corrected chi connectivity index (χ0v) is 14.7. The fourth-order valence-electron chi connectivity index (χ4n) is 2.09. The molecule has 144 valence electrons. The first kappa shape index (κ1) is 19.7. The highest BCUT2D eigenvalue weighted by molar-refractivity contribution is 6.15. The van der Waals surface area contributed by atoms with Gasteiger partial charge in [0, 0.05) is 31.8 Å². The molecule has 11 nitrogen and oxygen atoms in total. The summed E-state index contributed by atoms with van der Waals surface area (Å²) in [6.07, 6.45) is 0.191. The van der Waals surface area contributed by atoms with Crippen LogP contribution >= 0.6 is 0 Å². The topological polar surface area (TPSA) is 146 Å². The molecule has 0 aliphatic carbocycles. The molecule has 0 atom stereocenters. The van der Waals surface area contributed by atoms with Gasteiger partial charge >= 0.3 is 18.0 Å². The van der Waals surface area contributed by atoms with Crippen LogP contribution in [0.25, 0.3) is 0 Å². The number of cyclic esters (lactones) is 2. The van der Waals surface area contributed by atoms with Crippen LogP contribution in [0.2, 0.25) is 0 Å². The first-order valence-corrected chi connectivity index (χ1v) is 7.78. The number of carbonyl (C=O) groups excluding carboxylic acids is 3. The zero-order valence-electron chi connectivity index (χ0n) is 14.7. The van der Waals surface area contributed by atoms with Gasteiger partial charge in [-0.3, -0.25) is 15.4 Å². The predicted octanol–water partition coefficient (Wildman–Crippen LogP) is 2.30. The van der Waals surface area contributed by atoms with Crippen LogP contribution < -0.4 is 10.6 Å². The molecule has 1 aromatic rings. The number of nitro benzene ring substituents is 1. The number of nitrogens with one attached hydrogen (secondary N) is 2. The Labute approximate surface area is 153 Å². The molecule has 1 aliphatic heterocycles. The van der Waals surface area contributed by atoms with Crippen LogP contribution in [0.1, 0.15) is 20.8 Å². The molecular weight excluding hydrogens is 362 g/mol. The molecule has 1 fully saturated rings. The van der Waals surface area contributed by atoms with Gasteiger partial charge in [0.2, 0.25) is 0 Å². The Hall–Kier alpha value is -3.63. The second-order valence-corrected chi connectivity index (χ2v) is 5.72. The largest absolute Gasteiger partial charge is 0.450 e. The van der Waals surface area contributed by atoms with Crippen molar-refractivity contribution in [1.29, 1.82) is 0 Å². The first-order valence-electron chi connectivity index (χ1n) is 7.78. The van der Waals surface area contributed by atoms with E-state index in [9.17, 15) is 24.5 Å². The number of hydrogen-bond donors (Lipinski definition) is 2. The third-order valence-electron chi connectivity index (χ3n) is 3.21. The number of hydrogen-bond acceptors (Lipinski definition) is 9. The van der Waals surface area contributed by atoms with E-state index in [-0.39, 0.29) is 18.0 Å². The molecule has 27 heavy (non-hydrogen) atoms. The van der Waals surface area contributed by atoms with Gasteiger partial charge in [0.1, 0.15) is 5.69 Å². The third-order valence-corrected chi connectivity index (χ3v) is 3.21. The van der Waals surface area contributed by atoms with Gasteiger partial charge in [-0.25, -0.2) is 14.4 Å². The number of amides is 1. The van der Waals surface area contributed by atoms with E-state index in [0.29, 0.717) is 0 Å². The SMILES string of the molecule is CCOC(=O)Nc1ccc(NC=C2C(=O)OC(C)(C)OC2=O)cc1[N+](=O)[O-]. The maximum absolute atomic E-state index is 11.9. The van der Waals surface area contributed by atoms with Gasteiger partial charge in [-0.1, -0.05) is 0 Å². The fourth-order valence-corrected chi connectivity index (χ4v) is 2.09. The smallest absolute Gasteiger partial charge is 0.411 e. The highest BCUT2D eigenvalue weighted by atomic mass is 16.7. The molecule has 11 heteroatoms. The Morgan fingerprint density at radius 2 is 1.93 bits per heavy atom. The summed E-state index contributed by atoms with van der Waals surface area (Å²) in [5, 5.41) is 16.1. The van der Waals surface area contributed by atoms with Crippen LogP contribution in [0.3, 0.4) is 0 Å². The number of rotatable bonds is 5. The summed E-state index contributed by atoms with van der Waals surface area (Å²) in [5.74, 6) is -3.15. The van der Waals surface area contributed by atoms with Crippen molar-refractivity contribution in [2.24, 2.45) is 0 Å². The van der Waals surface area contributed by atoms with E-state index in [1.807, 2.05) is 0 Å². The third kappa shape index (κ3) is 4.93. The molecular formula is C16H17N3O8. The number of carbonyl (C=O) groups is 3. The van der Waals surface area contributed by atoms with E-state index in [2.05, 4.69) is 15.4 Å². The molecule has 0 unspecified atom stereocenters. The second kappa shape index (κ2) is 7.72. The number of esters is 2.